The van der Waals surface area contributed by atoms with Crippen LogP contribution < -0.4 is 10.1 Å². The highest BCUT2D eigenvalue weighted by Crippen LogP contribution is 2.33. The second kappa shape index (κ2) is 15.5. The lowest BCUT2D eigenvalue weighted by atomic mass is 9.78. The van der Waals surface area contributed by atoms with Gasteiger partial charge >= 0.3 is 5.97 Å². The SMILES string of the molecule is [C-]#[N+]c1ccc(CC(=O)CC2CCC(CC(=O)N[C@@H](Cc3ccc(OCc4ccccc4)cc3)C(=O)OC)CC2)cc1. The maximum Gasteiger partial charge on any atom is 0.328 e. The van der Waals surface area contributed by atoms with Crippen LogP contribution in [0.3, 0.4) is 0 Å². The second-order valence-electron chi connectivity index (χ2n) is 11.1. The van der Waals surface area contributed by atoms with Crippen LogP contribution in [0.15, 0.2) is 78.9 Å². The molecule has 0 saturated heterocycles. The van der Waals surface area contributed by atoms with Gasteiger partial charge in [-0.3, -0.25) is 9.59 Å². The van der Waals surface area contributed by atoms with Crippen LogP contribution in [0, 0.1) is 18.4 Å². The molecule has 1 fully saturated rings. The van der Waals surface area contributed by atoms with E-state index in [9.17, 15) is 14.4 Å². The molecule has 0 bridgehead atoms. The van der Waals surface area contributed by atoms with Crippen LogP contribution in [0.25, 0.3) is 4.85 Å². The molecule has 7 heteroatoms. The van der Waals surface area contributed by atoms with Gasteiger partial charge < -0.3 is 14.8 Å². The summed E-state index contributed by atoms with van der Waals surface area (Å²) in [7, 11) is 1.33. The first-order valence-electron chi connectivity index (χ1n) is 14.5. The lowest BCUT2D eigenvalue weighted by Crippen LogP contribution is -2.43. The summed E-state index contributed by atoms with van der Waals surface area (Å²) in [6.45, 7) is 7.51. The molecule has 0 unspecified atom stereocenters. The van der Waals surface area contributed by atoms with Gasteiger partial charge in [0, 0.05) is 25.7 Å². The highest BCUT2D eigenvalue weighted by molar-refractivity contribution is 5.85. The minimum Gasteiger partial charge on any atom is -0.489 e. The van der Waals surface area contributed by atoms with Crippen molar-refractivity contribution in [2.45, 2.75) is 64.0 Å². The van der Waals surface area contributed by atoms with E-state index in [1.54, 1.807) is 12.1 Å². The molecule has 7 nitrogen and oxygen atoms in total. The smallest absolute Gasteiger partial charge is 0.328 e. The van der Waals surface area contributed by atoms with Crippen molar-refractivity contribution in [2.75, 3.05) is 7.11 Å². The Kier molecular flexibility index (Phi) is 11.3. The fraction of sp³-hybridized carbons (Fsp3) is 0.371. The number of hydrogen-bond donors (Lipinski definition) is 1. The maximum absolute atomic E-state index is 12.9. The lowest BCUT2D eigenvalue weighted by Gasteiger charge is -2.28. The Morgan fingerprint density at radius 1 is 0.833 bits per heavy atom. The van der Waals surface area contributed by atoms with Gasteiger partial charge in [0.2, 0.25) is 5.91 Å². The van der Waals surface area contributed by atoms with E-state index in [0.717, 1.165) is 48.1 Å². The number of esters is 1. The number of nitrogens with one attached hydrogen (secondary N) is 1. The first-order chi connectivity index (χ1) is 20.4. The first-order valence-corrected chi connectivity index (χ1v) is 14.5. The van der Waals surface area contributed by atoms with Crippen molar-refractivity contribution in [1.29, 1.82) is 0 Å². The molecule has 3 aromatic rings. The highest BCUT2D eigenvalue weighted by Gasteiger charge is 2.27. The standard InChI is InChI=1S/C35H38N2O5/c1-36-30-16-12-26(13-17-30)21-31(38)20-25-8-10-28(11-9-25)23-34(39)37-33(35(40)41-2)22-27-14-18-32(19-15-27)42-24-29-6-4-3-5-7-29/h3-7,12-19,25,28,33H,8-11,20-24H2,2H3,(H,37,39)/t25?,28?,33-/m0/s1. The average Bonchev–Trinajstić information content (AvgIpc) is 3.01. The highest BCUT2D eigenvalue weighted by atomic mass is 16.5. The second-order valence-corrected chi connectivity index (χ2v) is 11.1. The van der Waals surface area contributed by atoms with Crippen LogP contribution >= 0.6 is 0 Å². The van der Waals surface area contributed by atoms with Crippen LogP contribution in [0.2, 0.25) is 0 Å². The quantitative estimate of drug-likeness (QED) is 0.191. The summed E-state index contributed by atoms with van der Waals surface area (Å²) in [5.41, 5.74) is 3.48. The number of benzene rings is 3. The molecule has 0 heterocycles. The molecule has 0 spiro atoms. The number of carbonyl (C=O) groups excluding carboxylic acids is 3. The van der Waals surface area contributed by atoms with E-state index >= 15 is 0 Å². The van der Waals surface area contributed by atoms with Gasteiger partial charge in [0.1, 0.15) is 24.2 Å². The van der Waals surface area contributed by atoms with Crippen molar-refractivity contribution < 1.29 is 23.9 Å². The predicted octanol–water partition coefficient (Wildman–Crippen LogP) is 6.42. The summed E-state index contributed by atoms with van der Waals surface area (Å²) in [4.78, 5) is 41.4. The maximum atomic E-state index is 12.9. The van der Waals surface area contributed by atoms with Gasteiger partial charge in [-0.15, -0.1) is 0 Å². The van der Waals surface area contributed by atoms with Crippen molar-refractivity contribution >= 4 is 23.3 Å². The third-order valence-corrected chi connectivity index (χ3v) is 7.86. The van der Waals surface area contributed by atoms with Gasteiger partial charge in [-0.1, -0.05) is 66.7 Å². The molecule has 0 aromatic heterocycles. The van der Waals surface area contributed by atoms with E-state index in [0.29, 0.717) is 43.9 Å². The molecule has 1 atom stereocenters. The number of methoxy groups -OCH3 is 1. The fourth-order valence-corrected chi connectivity index (χ4v) is 5.50. The van der Waals surface area contributed by atoms with Gasteiger partial charge in [-0.2, -0.15) is 0 Å². The van der Waals surface area contributed by atoms with Crippen LogP contribution in [0.4, 0.5) is 5.69 Å². The third-order valence-electron chi connectivity index (χ3n) is 7.86. The van der Waals surface area contributed by atoms with Gasteiger partial charge in [-0.25, -0.2) is 9.64 Å². The van der Waals surface area contributed by atoms with Crippen molar-refractivity contribution in [3.05, 3.63) is 107 Å². The third kappa shape index (κ3) is 9.59. The number of rotatable bonds is 13. The molecule has 1 saturated carbocycles. The minimum atomic E-state index is -0.767. The van der Waals surface area contributed by atoms with Crippen LogP contribution in [-0.4, -0.2) is 30.8 Å². The van der Waals surface area contributed by atoms with Crippen LogP contribution in [-0.2, 0) is 38.6 Å². The zero-order valence-electron chi connectivity index (χ0n) is 24.1. The number of nitrogens with zero attached hydrogens (tertiary/aromatic N) is 1. The molecule has 1 N–H and O–H groups in total. The van der Waals surface area contributed by atoms with Gasteiger partial charge in [0.05, 0.1) is 13.7 Å². The number of ketones is 1. The van der Waals surface area contributed by atoms with E-state index in [1.807, 2.05) is 66.7 Å². The van der Waals surface area contributed by atoms with Gasteiger partial charge in [-0.05, 0) is 66.3 Å². The Balaban J connectivity index is 1.20. The normalized spacial score (nSPS) is 17.0. The molecule has 0 radical (unpaired) electrons. The number of hydrogen-bond acceptors (Lipinski definition) is 5. The Morgan fingerprint density at radius 3 is 2.07 bits per heavy atom. The van der Waals surface area contributed by atoms with Crippen molar-refractivity contribution in [3.8, 4) is 5.75 Å². The number of ether oxygens (including phenoxy) is 2. The predicted molar refractivity (Wildman–Crippen MR) is 161 cm³/mol. The fourth-order valence-electron chi connectivity index (χ4n) is 5.50. The summed E-state index contributed by atoms with van der Waals surface area (Å²) in [5.74, 6) is 0.880. The van der Waals surface area contributed by atoms with Crippen LogP contribution in [0.5, 0.6) is 5.75 Å². The Hall–Kier alpha value is -4.44. The van der Waals surface area contributed by atoms with Crippen molar-refractivity contribution in [1.82, 2.24) is 5.32 Å². The summed E-state index contributed by atoms with van der Waals surface area (Å²) >= 11 is 0. The molecular weight excluding hydrogens is 528 g/mol. The lowest BCUT2D eigenvalue weighted by molar-refractivity contribution is -0.145. The Bertz CT molecular complexity index is 1360. The molecule has 1 amide bonds. The zero-order valence-corrected chi connectivity index (χ0v) is 24.1. The number of amides is 1. The average molecular weight is 567 g/mol. The summed E-state index contributed by atoms with van der Waals surface area (Å²) in [5, 5.41) is 2.89. The molecular formula is C35H38N2O5. The first kappa shape index (κ1) is 30.5. The Morgan fingerprint density at radius 2 is 1.45 bits per heavy atom. The molecule has 4 rings (SSSR count). The van der Waals surface area contributed by atoms with Gasteiger partial charge in [0.25, 0.3) is 0 Å². The summed E-state index contributed by atoms with van der Waals surface area (Å²) in [6.07, 6.45) is 5.22. The largest absolute Gasteiger partial charge is 0.489 e. The van der Waals surface area contributed by atoms with Crippen molar-refractivity contribution in [3.63, 3.8) is 0 Å². The summed E-state index contributed by atoms with van der Waals surface area (Å²) < 4.78 is 10.8. The molecule has 218 valence electrons. The monoisotopic (exact) mass is 566 g/mol. The number of carbonyl (C=O) groups is 3. The van der Waals surface area contributed by atoms with E-state index in [2.05, 4.69) is 10.2 Å². The minimum absolute atomic E-state index is 0.157. The molecule has 0 aliphatic heterocycles. The van der Waals surface area contributed by atoms with Gasteiger partial charge in [0.15, 0.2) is 5.69 Å². The number of Topliss-reactive ketones (excluding diaryl/α,β-unsaturated/α-hetero) is 1. The summed E-state index contributed by atoms with van der Waals surface area (Å²) in [6, 6.07) is 23.9. The van der Waals surface area contributed by atoms with E-state index in [-0.39, 0.29) is 17.6 Å². The van der Waals surface area contributed by atoms with Crippen LogP contribution in [0.1, 0.15) is 55.2 Å². The molecule has 1 aliphatic rings. The molecule has 42 heavy (non-hydrogen) atoms. The molecule has 3 aromatic carbocycles. The van der Waals surface area contributed by atoms with E-state index < -0.39 is 12.0 Å². The van der Waals surface area contributed by atoms with E-state index in [1.165, 1.54) is 7.11 Å². The van der Waals surface area contributed by atoms with Crippen molar-refractivity contribution in [2.24, 2.45) is 11.8 Å². The van der Waals surface area contributed by atoms with E-state index in [4.69, 9.17) is 16.0 Å². The Labute approximate surface area is 248 Å². The molecule has 1 aliphatic carbocycles. The zero-order chi connectivity index (χ0) is 29.7. The topological polar surface area (TPSA) is 86.1 Å².